The molecule has 7 nitrogen and oxygen atoms in total. The Bertz CT molecular complexity index is 362. The predicted octanol–water partition coefficient (Wildman–Crippen LogP) is -1.03. The molecule has 3 aliphatic rings. The van der Waals surface area contributed by atoms with Crippen LogP contribution in [0.5, 0.6) is 0 Å². The lowest BCUT2D eigenvalue weighted by Crippen LogP contribution is -2.49. The molecule has 5 N–H and O–H groups in total. The van der Waals surface area contributed by atoms with E-state index in [1.165, 1.54) is 12.8 Å². The molecule has 2 heterocycles. The van der Waals surface area contributed by atoms with Gasteiger partial charge in [-0.05, 0) is 30.8 Å². The van der Waals surface area contributed by atoms with Crippen molar-refractivity contribution < 1.29 is 35.0 Å². The van der Waals surface area contributed by atoms with E-state index in [1.54, 1.807) is 6.26 Å². The second-order valence-electron chi connectivity index (χ2n) is 6.11. The van der Waals surface area contributed by atoms with Gasteiger partial charge in [-0.3, -0.25) is 0 Å². The van der Waals surface area contributed by atoms with E-state index in [4.69, 9.17) is 35.0 Å². The zero-order chi connectivity index (χ0) is 16.1. The van der Waals surface area contributed by atoms with Gasteiger partial charge < -0.3 is 35.0 Å². The molecule has 1 saturated heterocycles. The van der Waals surface area contributed by atoms with E-state index >= 15 is 0 Å². The van der Waals surface area contributed by atoms with Gasteiger partial charge in [0.15, 0.2) is 6.29 Å². The monoisotopic (exact) mass is 318 g/mol. The van der Waals surface area contributed by atoms with Gasteiger partial charge >= 0.3 is 0 Å². The Kier molecular flexibility index (Phi) is 6.61. The lowest BCUT2D eigenvalue weighted by atomic mass is 9.90. The molecule has 2 aliphatic heterocycles. The second kappa shape index (κ2) is 8.24. The van der Waals surface area contributed by atoms with Crippen LogP contribution in [0.1, 0.15) is 19.3 Å². The highest BCUT2D eigenvalue weighted by atomic mass is 16.6. The van der Waals surface area contributed by atoms with E-state index in [-0.39, 0.29) is 6.42 Å². The maximum absolute atomic E-state index is 9.11. The molecule has 0 bridgehead atoms. The Hall–Kier alpha value is -0.700. The van der Waals surface area contributed by atoms with E-state index in [1.807, 2.05) is 0 Å². The summed E-state index contributed by atoms with van der Waals surface area (Å²) in [5.41, 5.74) is 0. The average molecular weight is 318 g/mol. The van der Waals surface area contributed by atoms with Crippen LogP contribution in [0, 0.1) is 17.8 Å². The van der Waals surface area contributed by atoms with Gasteiger partial charge in [-0.2, -0.15) is 0 Å². The molecule has 0 aromatic carbocycles. The van der Waals surface area contributed by atoms with Gasteiger partial charge in [0.1, 0.15) is 12.2 Å². The first-order chi connectivity index (χ1) is 10.6. The molecule has 3 rings (SSSR count). The van der Waals surface area contributed by atoms with Gasteiger partial charge in [0, 0.05) is 18.9 Å². The first kappa shape index (κ1) is 17.7. The number of ether oxygens (including phenoxy) is 2. The first-order valence-electron chi connectivity index (χ1n) is 7.76. The van der Waals surface area contributed by atoms with Gasteiger partial charge in [0.25, 0.3) is 0 Å². The second-order valence-corrected chi connectivity index (χ2v) is 6.11. The number of hydrogen-bond acceptors (Lipinski definition) is 7. The minimum atomic E-state index is -1.11. The minimum absolute atomic E-state index is 0.0162. The van der Waals surface area contributed by atoms with E-state index in [9.17, 15) is 0 Å². The number of allylic oxidation sites excluding steroid dienone is 1. The highest BCUT2D eigenvalue weighted by Crippen LogP contribution is 2.39. The lowest BCUT2D eigenvalue weighted by molar-refractivity contribution is -0.239. The predicted molar refractivity (Wildman–Crippen MR) is 76.5 cm³/mol. The minimum Gasteiger partial charge on any atom is -0.501 e. The summed E-state index contributed by atoms with van der Waals surface area (Å²) in [4.78, 5) is 0. The van der Waals surface area contributed by atoms with Crippen LogP contribution in [0.25, 0.3) is 0 Å². The van der Waals surface area contributed by atoms with Crippen molar-refractivity contribution in [2.45, 2.75) is 43.9 Å². The third-order valence-corrected chi connectivity index (χ3v) is 4.70. The molecule has 1 saturated carbocycles. The number of aliphatic hydroxyl groups is 5. The SMILES string of the molecule is OCC1CC[C@@H]2C=COC[C@H]12.OCC1OC(O)CC(O)[C@@H]1O. The summed E-state index contributed by atoms with van der Waals surface area (Å²) in [7, 11) is 0. The molecular formula is C15H26O7. The average Bonchev–Trinajstić information content (AvgIpc) is 2.94. The van der Waals surface area contributed by atoms with Gasteiger partial charge in [0.2, 0.25) is 0 Å². The van der Waals surface area contributed by atoms with Crippen LogP contribution in [0.3, 0.4) is 0 Å². The third kappa shape index (κ3) is 4.18. The zero-order valence-corrected chi connectivity index (χ0v) is 12.5. The molecule has 0 aromatic rings. The van der Waals surface area contributed by atoms with Gasteiger partial charge in [-0.15, -0.1) is 0 Å². The molecule has 128 valence electrons. The number of rotatable bonds is 2. The van der Waals surface area contributed by atoms with Crippen LogP contribution >= 0.6 is 0 Å². The lowest BCUT2D eigenvalue weighted by Gasteiger charge is -2.33. The van der Waals surface area contributed by atoms with Crippen molar-refractivity contribution in [1.29, 1.82) is 0 Å². The van der Waals surface area contributed by atoms with Crippen LogP contribution in [0.15, 0.2) is 12.3 Å². The van der Waals surface area contributed by atoms with Crippen LogP contribution in [0.4, 0.5) is 0 Å². The summed E-state index contributed by atoms with van der Waals surface area (Å²) >= 11 is 0. The molecule has 1 aliphatic carbocycles. The van der Waals surface area contributed by atoms with E-state index in [0.29, 0.717) is 24.4 Å². The Balaban J connectivity index is 0.000000160. The highest BCUT2D eigenvalue weighted by Gasteiger charge is 2.36. The first-order valence-corrected chi connectivity index (χ1v) is 7.76. The van der Waals surface area contributed by atoms with Crippen molar-refractivity contribution in [3.63, 3.8) is 0 Å². The smallest absolute Gasteiger partial charge is 0.157 e. The van der Waals surface area contributed by atoms with Crippen LogP contribution in [-0.4, -0.2) is 70.0 Å². The Morgan fingerprint density at radius 3 is 2.50 bits per heavy atom. The molecule has 0 spiro atoms. The Morgan fingerprint density at radius 2 is 1.82 bits per heavy atom. The van der Waals surface area contributed by atoms with Crippen molar-refractivity contribution in [2.24, 2.45) is 17.8 Å². The normalized spacial score (nSPS) is 43.8. The summed E-state index contributed by atoms with van der Waals surface area (Å²) < 4.78 is 9.94. The fourth-order valence-electron chi connectivity index (χ4n) is 3.32. The van der Waals surface area contributed by atoms with Crippen LogP contribution in [-0.2, 0) is 9.47 Å². The van der Waals surface area contributed by atoms with E-state index < -0.39 is 31.2 Å². The van der Waals surface area contributed by atoms with E-state index in [0.717, 1.165) is 6.61 Å². The van der Waals surface area contributed by atoms with Crippen molar-refractivity contribution in [3.05, 3.63) is 12.3 Å². The van der Waals surface area contributed by atoms with E-state index in [2.05, 4.69) is 6.08 Å². The molecule has 2 fully saturated rings. The molecule has 0 amide bonds. The van der Waals surface area contributed by atoms with Gasteiger partial charge in [-0.25, -0.2) is 0 Å². The summed E-state index contributed by atoms with van der Waals surface area (Å²) in [5.74, 6) is 1.76. The zero-order valence-electron chi connectivity index (χ0n) is 12.5. The Morgan fingerprint density at radius 1 is 1.05 bits per heavy atom. The topological polar surface area (TPSA) is 120 Å². The van der Waals surface area contributed by atoms with Crippen molar-refractivity contribution in [2.75, 3.05) is 19.8 Å². The summed E-state index contributed by atoms with van der Waals surface area (Å²) in [5, 5.41) is 44.7. The standard InChI is InChI=1S/C9H14O2.C6H12O5/c10-5-8-2-1-7-3-4-11-6-9(7)8;7-2-4-6(10)3(8)1-5(9)11-4/h3-4,7-10H,1-2,5-6H2;3-10H,1-2H2/t7-,8?,9+;3?,4?,5?,6-/m10/s1. The van der Waals surface area contributed by atoms with Crippen molar-refractivity contribution in [1.82, 2.24) is 0 Å². The summed E-state index contributed by atoms with van der Waals surface area (Å²) in [6, 6.07) is 0. The summed E-state index contributed by atoms with van der Waals surface area (Å²) in [6.07, 6.45) is 2.23. The molecule has 0 aromatic heterocycles. The quantitative estimate of drug-likeness (QED) is 0.442. The molecule has 4 unspecified atom stereocenters. The molecule has 22 heavy (non-hydrogen) atoms. The molecule has 7 heteroatoms. The Labute approximate surface area is 129 Å². The maximum atomic E-state index is 9.11. The van der Waals surface area contributed by atoms with Crippen LogP contribution < -0.4 is 0 Å². The van der Waals surface area contributed by atoms with Crippen LogP contribution in [0.2, 0.25) is 0 Å². The highest BCUT2D eigenvalue weighted by molar-refractivity contribution is 4.98. The molecular weight excluding hydrogens is 292 g/mol. The van der Waals surface area contributed by atoms with Gasteiger partial charge in [-0.1, -0.05) is 0 Å². The number of hydrogen-bond donors (Lipinski definition) is 5. The number of aliphatic hydroxyl groups excluding tert-OH is 5. The largest absolute Gasteiger partial charge is 0.501 e. The van der Waals surface area contributed by atoms with Crippen molar-refractivity contribution in [3.8, 4) is 0 Å². The van der Waals surface area contributed by atoms with Gasteiger partial charge in [0.05, 0.1) is 25.6 Å². The number of fused-ring (bicyclic) bond motifs is 1. The fourth-order valence-corrected chi connectivity index (χ4v) is 3.32. The third-order valence-electron chi connectivity index (χ3n) is 4.70. The fraction of sp³-hybridized carbons (Fsp3) is 0.867. The summed E-state index contributed by atoms with van der Waals surface area (Å²) in [6.45, 7) is 0.736. The molecule has 7 atom stereocenters. The maximum Gasteiger partial charge on any atom is 0.157 e. The molecule has 0 radical (unpaired) electrons. The van der Waals surface area contributed by atoms with Crippen molar-refractivity contribution >= 4 is 0 Å².